The monoisotopic (exact) mass is 316 g/mol. The maximum Gasteiger partial charge on any atom is 0.278 e. The molecular formula is C16H20N4O3. The third kappa shape index (κ3) is 3.39. The number of hydrogen-bond acceptors (Lipinski definition) is 5. The Bertz CT molecular complexity index is 750. The van der Waals surface area contributed by atoms with E-state index < -0.39 is 0 Å². The molecule has 1 aromatic carbocycles. The first kappa shape index (κ1) is 15.6. The average Bonchev–Trinajstić information content (AvgIpc) is 2.58. The lowest BCUT2D eigenvalue weighted by Gasteiger charge is -2.31. The molecule has 2 heterocycles. The molecule has 0 spiro atoms. The molecule has 0 aliphatic carbocycles. The van der Waals surface area contributed by atoms with Crippen LogP contribution in [-0.4, -0.2) is 51.6 Å². The summed E-state index contributed by atoms with van der Waals surface area (Å²) in [5.41, 5.74) is 0.256. The van der Waals surface area contributed by atoms with E-state index in [1.54, 1.807) is 29.2 Å². The molecule has 0 radical (unpaired) electrons. The summed E-state index contributed by atoms with van der Waals surface area (Å²) in [5.74, 6) is -0.105. The predicted molar refractivity (Wildman–Crippen MR) is 85.0 cm³/mol. The number of aromatic nitrogens is 3. The first-order valence-corrected chi connectivity index (χ1v) is 7.91. The summed E-state index contributed by atoms with van der Waals surface area (Å²) < 4.78 is 6.72. The topological polar surface area (TPSA) is 77.3 Å². The molecule has 1 amide bonds. The Kier molecular flexibility index (Phi) is 4.66. The van der Waals surface area contributed by atoms with Crippen molar-refractivity contribution in [1.82, 2.24) is 19.9 Å². The number of ether oxygens (including phenoxy) is 1. The highest BCUT2D eigenvalue weighted by atomic mass is 16.5. The Morgan fingerprint density at radius 1 is 1.30 bits per heavy atom. The number of fused-ring (bicyclic) bond motifs is 1. The predicted octanol–water partition coefficient (Wildman–Crippen LogP) is 0.819. The highest BCUT2D eigenvalue weighted by molar-refractivity contribution is 5.78. The third-order valence-corrected chi connectivity index (χ3v) is 4.11. The second kappa shape index (κ2) is 6.87. The van der Waals surface area contributed by atoms with Gasteiger partial charge in [-0.25, -0.2) is 4.68 Å². The van der Waals surface area contributed by atoms with Crippen LogP contribution in [0.2, 0.25) is 0 Å². The zero-order valence-corrected chi connectivity index (χ0v) is 13.1. The van der Waals surface area contributed by atoms with Crippen LogP contribution in [0, 0.1) is 0 Å². The molecule has 1 aromatic heterocycles. The first-order chi connectivity index (χ1) is 11.2. The Hall–Kier alpha value is -2.28. The molecule has 1 aliphatic rings. The molecule has 3 rings (SSSR count). The SMILES string of the molecule is CCOC1CCN(C(=O)Cn2nnc3ccccc3c2=O)CC1. The van der Waals surface area contributed by atoms with Gasteiger partial charge in [0.25, 0.3) is 5.56 Å². The molecule has 0 N–H and O–H groups in total. The fraction of sp³-hybridized carbons (Fsp3) is 0.500. The highest BCUT2D eigenvalue weighted by Crippen LogP contribution is 2.14. The quantitative estimate of drug-likeness (QED) is 0.834. The van der Waals surface area contributed by atoms with E-state index in [0.29, 0.717) is 30.6 Å². The lowest BCUT2D eigenvalue weighted by Crippen LogP contribution is -2.43. The molecule has 0 unspecified atom stereocenters. The number of carbonyl (C=O) groups is 1. The van der Waals surface area contributed by atoms with Crippen LogP contribution < -0.4 is 5.56 Å². The van der Waals surface area contributed by atoms with E-state index in [4.69, 9.17) is 4.74 Å². The van der Waals surface area contributed by atoms with Gasteiger partial charge in [-0.2, -0.15) is 0 Å². The molecule has 7 nitrogen and oxygen atoms in total. The van der Waals surface area contributed by atoms with E-state index in [1.807, 2.05) is 6.92 Å². The van der Waals surface area contributed by atoms with Crippen molar-refractivity contribution in [3.05, 3.63) is 34.6 Å². The van der Waals surface area contributed by atoms with Crippen LogP contribution >= 0.6 is 0 Å². The van der Waals surface area contributed by atoms with Gasteiger partial charge in [0.1, 0.15) is 12.1 Å². The summed E-state index contributed by atoms with van der Waals surface area (Å²) in [7, 11) is 0. The molecule has 23 heavy (non-hydrogen) atoms. The van der Waals surface area contributed by atoms with Crippen LogP contribution in [0.5, 0.6) is 0 Å². The van der Waals surface area contributed by atoms with Crippen molar-refractivity contribution >= 4 is 16.8 Å². The number of rotatable bonds is 4. The zero-order chi connectivity index (χ0) is 16.2. The fourth-order valence-electron chi connectivity index (χ4n) is 2.86. The van der Waals surface area contributed by atoms with Gasteiger partial charge < -0.3 is 9.64 Å². The van der Waals surface area contributed by atoms with Gasteiger partial charge in [0.2, 0.25) is 5.91 Å². The Balaban J connectivity index is 1.69. The molecule has 0 bridgehead atoms. The maximum absolute atomic E-state index is 12.4. The lowest BCUT2D eigenvalue weighted by atomic mass is 10.1. The van der Waals surface area contributed by atoms with Crippen LogP contribution in [0.3, 0.4) is 0 Å². The second-order valence-corrected chi connectivity index (χ2v) is 5.60. The number of carbonyl (C=O) groups excluding carboxylic acids is 1. The van der Waals surface area contributed by atoms with Gasteiger partial charge in [-0.05, 0) is 31.9 Å². The summed E-state index contributed by atoms with van der Waals surface area (Å²) in [6.45, 7) is 3.90. The van der Waals surface area contributed by atoms with Gasteiger partial charge in [0, 0.05) is 19.7 Å². The first-order valence-electron chi connectivity index (χ1n) is 7.91. The fourth-order valence-corrected chi connectivity index (χ4v) is 2.86. The van der Waals surface area contributed by atoms with Gasteiger partial charge in [-0.3, -0.25) is 9.59 Å². The highest BCUT2D eigenvalue weighted by Gasteiger charge is 2.23. The number of amides is 1. The van der Waals surface area contributed by atoms with Gasteiger partial charge >= 0.3 is 0 Å². The minimum Gasteiger partial charge on any atom is -0.378 e. The van der Waals surface area contributed by atoms with Gasteiger partial charge in [-0.15, -0.1) is 5.10 Å². The van der Waals surface area contributed by atoms with Crippen molar-refractivity contribution < 1.29 is 9.53 Å². The van der Waals surface area contributed by atoms with Gasteiger partial charge in [-0.1, -0.05) is 17.3 Å². The molecule has 2 aromatic rings. The zero-order valence-electron chi connectivity index (χ0n) is 13.1. The van der Waals surface area contributed by atoms with Crippen molar-refractivity contribution in [3.8, 4) is 0 Å². The number of likely N-dealkylation sites (tertiary alicyclic amines) is 1. The summed E-state index contributed by atoms with van der Waals surface area (Å²) in [6.07, 6.45) is 1.89. The second-order valence-electron chi connectivity index (χ2n) is 5.60. The summed E-state index contributed by atoms with van der Waals surface area (Å²) in [5, 5.41) is 8.34. The molecule has 0 saturated carbocycles. The Morgan fingerprint density at radius 2 is 2.04 bits per heavy atom. The smallest absolute Gasteiger partial charge is 0.278 e. The van der Waals surface area contributed by atoms with E-state index in [2.05, 4.69) is 10.3 Å². The normalized spacial score (nSPS) is 16.0. The van der Waals surface area contributed by atoms with Crippen LogP contribution in [0.15, 0.2) is 29.1 Å². The number of hydrogen-bond donors (Lipinski definition) is 0. The van der Waals surface area contributed by atoms with Crippen molar-refractivity contribution in [1.29, 1.82) is 0 Å². The number of piperidine rings is 1. The van der Waals surface area contributed by atoms with Crippen molar-refractivity contribution in [2.24, 2.45) is 0 Å². The van der Waals surface area contributed by atoms with Crippen LogP contribution in [0.1, 0.15) is 19.8 Å². The van der Waals surface area contributed by atoms with E-state index in [-0.39, 0.29) is 24.1 Å². The minimum atomic E-state index is -0.284. The maximum atomic E-state index is 12.4. The molecule has 122 valence electrons. The van der Waals surface area contributed by atoms with Crippen molar-refractivity contribution in [2.45, 2.75) is 32.4 Å². The molecular weight excluding hydrogens is 296 g/mol. The Labute approximate surface area is 133 Å². The lowest BCUT2D eigenvalue weighted by molar-refractivity contribution is -0.134. The average molecular weight is 316 g/mol. The molecule has 0 atom stereocenters. The summed E-state index contributed by atoms with van der Waals surface area (Å²) >= 11 is 0. The van der Waals surface area contributed by atoms with Crippen LogP contribution in [0.4, 0.5) is 0 Å². The number of nitrogens with zero attached hydrogens (tertiary/aromatic N) is 4. The van der Waals surface area contributed by atoms with Gasteiger partial charge in [0.15, 0.2) is 0 Å². The van der Waals surface area contributed by atoms with E-state index >= 15 is 0 Å². The van der Waals surface area contributed by atoms with Crippen molar-refractivity contribution in [3.63, 3.8) is 0 Å². The van der Waals surface area contributed by atoms with E-state index in [9.17, 15) is 9.59 Å². The van der Waals surface area contributed by atoms with E-state index in [0.717, 1.165) is 17.5 Å². The molecule has 7 heteroatoms. The van der Waals surface area contributed by atoms with E-state index in [1.165, 1.54) is 0 Å². The summed E-state index contributed by atoms with van der Waals surface area (Å²) in [6, 6.07) is 7.00. The van der Waals surface area contributed by atoms with Crippen molar-refractivity contribution in [2.75, 3.05) is 19.7 Å². The number of benzene rings is 1. The molecule has 1 fully saturated rings. The van der Waals surface area contributed by atoms with Gasteiger partial charge in [0.05, 0.1) is 11.5 Å². The Morgan fingerprint density at radius 3 is 2.78 bits per heavy atom. The largest absolute Gasteiger partial charge is 0.378 e. The standard InChI is InChI=1S/C16H20N4O3/c1-2-23-12-7-9-19(10-8-12)15(21)11-20-16(22)13-5-3-4-6-14(13)17-18-20/h3-6,12H,2,7-11H2,1H3. The van der Waals surface area contributed by atoms with Crippen LogP contribution in [0.25, 0.3) is 10.9 Å². The summed E-state index contributed by atoms with van der Waals surface area (Å²) in [4.78, 5) is 26.5. The molecule has 1 saturated heterocycles. The minimum absolute atomic E-state index is 0.0734. The van der Waals surface area contributed by atoms with Crippen LogP contribution in [-0.2, 0) is 16.1 Å². The molecule has 1 aliphatic heterocycles. The third-order valence-electron chi connectivity index (χ3n) is 4.11.